The van der Waals surface area contributed by atoms with E-state index < -0.39 is 6.04 Å². The Balaban J connectivity index is 4.22. The fraction of sp³-hybridized carbons (Fsp3) is 0.778. The van der Waals surface area contributed by atoms with Gasteiger partial charge in [0.05, 0.1) is 6.07 Å². The summed E-state index contributed by atoms with van der Waals surface area (Å²) in [5.74, 6) is -0.0727. The second-order valence-corrected chi connectivity index (χ2v) is 3.85. The molecule has 1 atom stereocenters. The van der Waals surface area contributed by atoms with Gasteiger partial charge < -0.3 is 5.32 Å². The quantitative estimate of drug-likeness (QED) is 0.678. The first-order valence-corrected chi connectivity index (χ1v) is 4.10. The largest absolute Gasteiger partial charge is 0.340 e. The van der Waals surface area contributed by atoms with E-state index in [1.54, 1.807) is 6.92 Å². The van der Waals surface area contributed by atoms with Crippen LogP contribution in [-0.4, -0.2) is 11.9 Å². The molecule has 0 heterocycles. The van der Waals surface area contributed by atoms with Gasteiger partial charge in [0.15, 0.2) is 0 Å². The molecule has 1 N–H and O–H groups in total. The van der Waals surface area contributed by atoms with Crippen molar-refractivity contribution in [2.45, 2.75) is 40.2 Å². The maximum absolute atomic E-state index is 11.0. The normalized spacial score (nSPS) is 13.2. The summed E-state index contributed by atoms with van der Waals surface area (Å²) in [5, 5.41) is 11.4. The molecule has 3 heteroatoms. The van der Waals surface area contributed by atoms with Crippen LogP contribution in [0.5, 0.6) is 0 Å². The van der Waals surface area contributed by atoms with Gasteiger partial charge in [-0.05, 0) is 5.41 Å². The minimum atomic E-state index is -0.398. The average Bonchev–Trinajstić information content (AvgIpc) is 1.97. The SMILES string of the molecule is CCC(=O)NC(C#N)C(C)(C)C. The highest BCUT2D eigenvalue weighted by Crippen LogP contribution is 2.18. The van der Waals surface area contributed by atoms with Crippen molar-refractivity contribution in [3.8, 4) is 6.07 Å². The van der Waals surface area contributed by atoms with Crippen LogP contribution in [0.3, 0.4) is 0 Å². The Morgan fingerprint density at radius 2 is 2.08 bits per heavy atom. The summed E-state index contributed by atoms with van der Waals surface area (Å²) < 4.78 is 0. The number of nitrogens with one attached hydrogen (secondary N) is 1. The highest BCUT2D eigenvalue weighted by molar-refractivity contribution is 5.76. The summed E-state index contributed by atoms with van der Waals surface area (Å²) in [5.41, 5.74) is -0.195. The van der Waals surface area contributed by atoms with Crippen LogP contribution in [0.1, 0.15) is 34.1 Å². The van der Waals surface area contributed by atoms with Gasteiger partial charge in [0.1, 0.15) is 6.04 Å². The molecule has 0 aromatic carbocycles. The topological polar surface area (TPSA) is 52.9 Å². The van der Waals surface area contributed by atoms with E-state index in [-0.39, 0.29) is 11.3 Å². The molecule has 0 fully saturated rings. The van der Waals surface area contributed by atoms with Crippen molar-refractivity contribution in [2.24, 2.45) is 5.41 Å². The Morgan fingerprint density at radius 1 is 1.58 bits per heavy atom. The Labute approximate surface area is 73.8 Å². The summed E-state index contributed by atoms with van der Waals surface area (Å²) in [7, 11) is 0. The van der Waals surface area contributed by atoms with Crippen molar-refractivity contribution in [1.29, 1.82) is 5.26 Å². The zero-order valence-electron chi connectivity index (χ0n) is 8.14. The number of amides is 1. The zero-order chi connectivity index (χ0) is 9.78. The second-order valence-electron chi connectivity index (χ2n) is 3.85. The Bertz CT molecular complexity index is 198. The molecule has 1 unspecified atom stereocenters. The zero-order valence-corrected chi connectivity index (χ0v) is 8.14. The molecule has 0 aliphatic heterocycles. The van der Waals surface area contributed by atoms with Gasteiger partial charge in [0.25, 0.3) is 0 Å². The van der Waals surface area contributed by atoms with Crippen LogP contribution in [0.25, 0.3) is 0 Å². The van der Waals surface area contributed by atoms with Gasteiger partial charge >= 0.3 is 0 Å². The summed E-state index contributed by atoms with van der Waals surface area (Å²) in [6.07, 6.45) is 0.425. The molecule has 12 heavy (non-hydrogen) atoms. The van der Waals surface area contributed by atoms with Crippen LogP contribution in [0.15, 0.2) is 0 Å². The summed E-state index contributed by atoms with van der Waals surface area (Å²) in [6, 6.07) is 1.68. The lowest BCUT2D eigenvalue weighted by molar-refractivity contribution is -0.121. The van der Waals surface area contributed by atoms with Crippen molar-refractivity contribution < 1.29 is 4.79 Å². The maximum Gasteiger partial charge on any atom is 0.220 e. The Morgan fingerprint density at radius 3 is 2.33 bits per heavy atom. The summed E-state index contributed by atoms with van der Waals surface area (Å²) >= 11 is 0. The minimum absolute atomic E-state index is 0.0727. The molecule has 0 rings (SSSR count). The molecule has 0 aromatic rings. The van der Waals surface area contributed by atoms with Gasteiger partial charge in [-0.2, -0.15) is 5.26 Å². The van der Waals surface area contributed by atoms with E-state index in [2.05, 4.69) is 11.4 Å². The first-order valence-electron chi connectivity index (χ1n) is 4.10. The average molecular weight is 168 g/mol. The van der Waals surface area contributed by atoms with Gasteiger partial charge in [0, 0.05) is 6.42 Å². The highest BCUT2D eigenvalue weighted by Gasteiger charge is 2.25. The Kier molecular flexibility index (Phi) is 3.75. The molecule has 0 saturated carbocycles. The molecule has 0 saturated heterocycles. The van der Waals surface area contributed by atoms with Crippen molar-refractivity contribution in [2.75, 3.05) is 0 Å². The summed E-state index contributed by atoms with van der Waals surface area (Å²) in [4.78, 5) is 11.0. The van der Waals surface area contributed by atoms with Crippen molar-refractivity contribution in [1.82, 2.24) is 5.32 Å². The van der Waals surface area contributed by atoms with Gasteiger partial charge in [-0.1, -0.05) is 27.7 Å². The van der Waals surface area contributed by atoms with Crippen molar-refractivity contribution in [3.63, 3.8) is 0 Å². The van der Waals surface area contributed by atoms with E-state index in [1.807, 2.05) is 20.8 Å². The standard InChI is InChI=1S/C9H16N2O/c1-5-8(12)11-7(6-10)9(2,3)4/h7H,5H2,1-4H3,(H,11,12). The van der Waals surface area contributed by atoms with Crippen LogP contribution in [-0.2, 0) is 4.79 Å². The van der Waals surface area contributed by atoms with Crippen LogP contribution in [0.4, 0.5) is 0 Å². The minimum Gasteiger partial charge on any atom is -0.340 e. The number of nitriles is 1. The maximum atomic E-state index is 11.0. The molecule has 0 aliphatic rings. The lowest BCUT2D eigenvalue weighted by Gasteiger charge is -2.25. The number of carbonyl (C=O) groups excluding carboxylic acids is 1. The third-order valence-electron chi connectivity index (χ3n) is 1.62. The highest BCUT2D eigenvalue weighted by atomic mass is 16.1. The first-order chi connectivity index (χ1) is 5.41. The molecule has 3 nitrogen and oxygen atoms in total. The molecule has 0 radical (unpaired) electrons. The van der Waals surface area contributed by atoms with Crippen LogP contribution in [0.2, 0.25) is 0 Å². The fourth-order valence-electron chi connectivity index (χ4n) is 0.705. The third-order valence-corrected chi connectivity index (χ3v) is 1.62. The van der Waals surface area contributed by atoms with E-state index in [9.17, 15) is 4.79 Å². The predicted octanol–water partition coefficient (Wildman–Crippen LogP) is 1.45. The van der Waals surface area contributed by atoms with E-state index in [1.165, 1.54) is 0 Å². The smallest absolute Gasteiger partial charge is 0.220 e. The number of nitrogens with zero attached hydrogens (tertiary/aromatic N) is 1. The first kappa shape index (κ1) is 11.0. The van der Waals surface area contributed by atoms with Gasteiger partial charge in [-0.3, -0.25) is 4.79 Å². The molecule has 0 bridgehead atoms. The predicted molar refractivity (Wildman–Crippen MR) is 47.3 cm³/mol. The molecular formula is C9H16N2O. The van der Waals surface area contributed by atoms with Crippen molar-refractivity contribution in [3.05, 3.63) is 0 Å². The van der Waals surface area contributed by atoms with E-state index >= 15 is 0 Å². The van der Waals surface area contributed by atoms with Crippen LogP contribution >= 0.6 is 0 Å². The molecule has 0 aromatic heterocycles. The number of rotatable bonds is 2. The van der Waals surface area contributed by atoms with Gasteiger partial charge in [0.2, 0.25) is 5.91 Å². The van der Waals surface area contributed by atoms with Gasteiger partial charge in [-0.15, -0.1) is 0 Å². The molecule has 0 spiro atoms. The monoisotopic (exact) mass is 168 g/mol. The molecular weight excluding hydrogens is 152 g/mol. The molecule has 1 amide bonds. The number of hydrogen-bond donors (Lipinski definition) is 1. The van der Waals surface area contributed by atoms with Crippen LogP contribution in [0, 0.1) is 16.7 Å². The van der Waals surface area contributed by atoms with Gasteiger partial charge in [-0.25, -0.2) is 0 Å². The van der Waals surface area contributed by atoms with E-state index in [0.717, 1.165) is 0 Å². The van der Waals surface area contributed by atoms with Crippen LogP contribution < -0.4 is 5.32 Å². The fourth-order valence-corrected chi connectivity index (χ4v) is 0.705. The van der Waals surface area contributed by atoms with Crippen molar-refractivity contribution >= 4 is 5.91 Å². The van der Waals surface area contributed by atoms with E-state index in [4.69, 9.17) is 5.26 Å². The summed E-state index contributed by atoms with van der Waals surface area (Å²) in [6.45, 7) is 7.55. The van der Waals surface area contributed by atoms with E-state index in [0.29, 0.717) is 6.42 Å². The molecule has 68 valence electrons. The third kappa shape index (κ3) is 3.38. The second kappa shape index (κ2) is 4.10. The number of carbonyl (C=O) groups is 1. The lowest BCUT2D eigenvalue weighted by atomic mass is 9.87. The lowest BCUT2D eigenvalue weighted by Crippen LogP contribution is -2.42. The number of hydrogen-bond acceptors (Lipinski definition) is 2. The Hall–Kier alpha value is -1.04. The molecule has 0 aliphatic carbocycles.